The molecule has 0 aliphatic carbocycles. The van der Waals surface area contributed by atoms with Crippen LogP contribution in [-0.2, 0) is 13.6 Å². The average Bonchev–Trinajstić information content (AvgIpc) is 2.11. The SMILES string of the molecule is [2H]C([2H])(O)c1cnn(C)c1. The summed E-state index contributed by atoms with van der Waals surface area (Å²) in [4.78, 5) is 0. The Morgan fingerprint density at radius 3 is 3.12 bits per heavy atom. The molecule has 0 bridgehead atoms. The van der Waals surface area contributed by atoms with E-state index in [1.54, 1.807) is 7.05 Å². The van der Waals surface area contributed by atoms with Crippen molar-refractivity contribution in [2.45, 2.75) is 6.56 Å². The number of nitrogens with zero attached hydrogens (tertiary/aromatic N) is 2. The summed E-state index contributed by atoms with van der Waals surface area (Å²) in [6.07, 6.45) is 2.72. The molecule has 0 amide bonds. The summed E-state index contributed by atoms with van der Waals surface area (Å²) < 4.78 is 15.1. The van der Waals surface area contributed by atoms with Gasteiger partial charge in [0.05, 0.1) is 15.5 Å². The first-order valence-electron chi connectivity index (χ1n) is 3.21. The maximum absolute atomic E-state index is 8.78. The van der Waals surface area contributed by atoms with Gasteiger partial charge >= 0.3 is 0 Å². The largest absolute Gasteiger partial charge is 0.392 e. The van der Waals surface area contributed by atoms with Crippen LogP contribution in [0.25, 0.3) is 0 Å². The molecule has 8 heavy (non-hydrogen) atoms. The molecule has 1 rings (SSSR count). The fourth-order valence-corrected chi connectivity index (χ4v) is 0.479. The molecule has 0 saturated heterocycles. The Morgan fingerprint density at radius 1 is 2.12 bits per heavy atom. The molecule has 0 aliphatic heterocycles. The van der Waals surface area contributed by atoms with E-state index < -0.39 is 6.56 Å². The summed E-state index contributed by atoms with van der Waals surface area (Å²) in [5.41, 5.74) is 0.176. The molecule has 0 radical (unpaired) electrons. The van der Waals surface area contributed by atoms with Crippen LogP contribution in [0.2, 0.25) is 0 Å². The molecule has 0 saturated carbocycles. The van der Waals surface area contributed by atoms with Gasteiger partial charge in [-0.2, -0.15) is 5.10 Å². The molecule has 0 aromatic carbocycles. The van der Waals surface area contributed by atoms with Crippen molar-refractivity contribution in [2.75, 3.05) is 0 Å². The van der Waals surface area contributed by atoms with E-state index in [1.807, 2.05) is 0 Å². The van der Waals surface area contributed by atoms with Crippen LogP contribution in [0.3, 0.4) is 0 Å². The van der Waals surface area contributed by atoms with Crippen molar-refractivity contribution in [3.05, 3.63) is 18.0 Å². The number of aliphatic hydroxyl groups is 1. The minimum absolute atomic E-state index is 0.176. The van der Waals surface area contributed by atoms with Crippen molar-refractivity contribution < 1.29 is 7.85 Å². The number of hydrogen-bond donors (Lipinski definition) is 1. The Labute approximate surface area is 50.4 Å². The fraction of sp³-hybridized carbons (Fsp3) is 0.400. The zero-order chi connectivity index (χ0) is 7.78. The highest BCUT2D eigenvalue weighted by Crippen LogP contribution is 1.92. The van der Waals surface area contributed by atoms with Crippen LogP contribution in [0.1, 0.15) is 8.30 Å². The summed E-state index contributed by atoms with van der Waals surface area (Å²) in [6.45, 7) is -2.27. The van der Waals surface area contributed by atoms with Crippen molar-refractivity contribution in [2.24, 2.45) is 7.05 Å². The number of aromatic nitrogens is 2. The van der Waals surface area contributed by atoms with Crippen molar-refractivity contribution in [3.8, 4) is 0 Å². The van der Waals surface area contributed by atoms with E-state index in [2.05, 4.69) is 5.10 Å². The molecule has 1 aromatic heterocycles. The molecule has 1 N–H and O–H groups in total. The lowest BCUT2D eigenvalue weighted by Crippen LogP contribution is -1.84. The topological polar surface area (TPSA) is 38.1 Å². The van der Waals surface area contributed by atoms with Gasteiger partial charge in [-0.25, -0.2) is 0 Å². The lowest BCUT2D eigenvalue weighted by Gasteiger charge is -1.81. The Balaban J connectivity index is 2.96. The van der Waals surface area contributed by atoms with E-state index in [0.29, 0.717) is 0 Å². The zero-order valence-electron chi connectivity index (χ0n) is 6.50. The second-order valence-corrected chi connectivity index (χ2v) is 1.51. The molecule has 0 atom stereocenters. The van der Waals surface area contributed by atoms with E-state index in [4.69, 9.17) is 7.85 Å². The van der Waals surface area contributed by atoms with Gasteiger partial charge in [0.15, 0.2) is 0 Å². The highest BCUT2D eigenvalue weighted by atomic mass is 16.3. The Morgan fingerprint density at radius 2 is 2.88 bits per heavy atom. The molecule has 1 aromatic rings. The first-order valence-corrected chi connectivity index (χ1v) is 2.21. The van der Waals surface area contributed by atoms with Gasteiger partial charge in [0, 0.05) is 18.8 Å². The van der Waals surface area contributed by atoms with Crippen molar-refractivity contribution >= 4 is 0 Å². The average molecular weight is 114 g/mol. The third kappa shape index (κ3) is 0.869. The summed E-state index contributed by atoms with van der Waals surface area (Å²) in [5.74, 6) is 0. The molecule has 0 spiro atoms. The van der Waals surface area contributed by atoms with Crippen molar-refractivity contribution in [3.63, 3.8) is 0 Å². The molecule has 1 heterocycles. The van der Waals surface area contributed by atoms with E-state index in [0.717, 1.165) is 0 Å². The Hall–Kier alpha value is -0.830. The van der Waals surface area contributed by atoms with Gasteiger partial charge in [0.2, 0.25) is 0 Å². The summed E-state index contributed by atoms with van der Waals surface area (Å²) in [5, 5.41) is 12.5. The molecule has 3 heteroatoms. The van der Waals surface area contributed by atoms with E-state index in [1.165, 1.54) is 17.1 Å². The van der Waals surface area contributed by atoms with Crippen LogP contribution < -0.4 is 0 Å². The number of aryl methyl sites for hydroxylation is 1. The molecule has 3 nitrogen and oxygen atoms in total. The lowest BCUT2D eigenvalue weighted by atomic mass is 10.4. The van der Waals surface area contributed by atoms with Crippen LogP contribution in [0, 0.1) is 0 Å². The van der Waals surface area contributed by atoms with Crippen LogP contribution in [0.4, 0.5) is 0 Å². The maximum Gasteiger partial charge on any atom is 0.0712 e. The molecule has 44 valence electrons. The van der Waals surface area contributed by atoms with Crippen LogP contribution >= 0.6 is 0 Å². The number of rotatable bonds is 1. The summed E-state index contributed by atoms with van der Waals surface area (Å²) >= 11 is 0. The van der Waals surface area contributed by atoms with Gasteiger partial charge < -0.3 is 5.11 Å². The van der Waals surface area contributed by atoms with Crippen molar-refractivity contribution in [1.29, 1.82) is 0 Å². The third-order valence-electron chi connectivity index (χ3n) is 0.834. The molecule has 0 aliphatic rings. The van der Waals surface area contributed by atoms with Gasteiger partial charge in [-0.05, 0) is 0 Å². The summed E-state index contributed by atoms with van der Waals surface area (Å²) in [7, 11) is 1.66. The second kappa shape index (κ2) is 1.96. The second-order valence-electron chi connectivity index (χ2n) is 1.51. The highest BCUT2D eigenvalue weighted by molar-refractivity contribution is 5.00. The predicted molar refractivity (Wildman–Crippen MR) is 29.1 cm³/mol. The molecular weight excluding hydrogens is 104 g/mol. The predicted octanol–water partition coefficient (Wildman–Crippen LogP) is -0.0876. The highest BCUT2D eigenvalue weighted by Gasteiger charge is 1.89. The molecule has 0 fully saturated rings. The van der Waals surface area contributed by atoms with Crippen LogP contribution in [0.15, 0.2) is 12.4 Å². The molecular formula is C5H8N2O. The lowest BCUT2D eigenvalue weighted by molar-refractivity contribution is 0.281. The van der Waals surface area contributed by atoms with E-state index in [-0.39, 0.29) is 5.56 Å². The minimum Gasteiger partial charge on any atom is -0.392 e. The van der Waals surface area contributed by atoms with E-state index in [9.17, 15) is 0 Å². The standard InChI is InChI=1S/C5H8N2O/c1-7-3-5(4-8)2-6-7/h2-3,8H,4H2,1H3/i4D2. The normalized spacial score (nSPS) is 15.2. The Bertz CT molecular complexity index is 228. The monoisotopic (exact) mass is 114 g/mol. The van der Waals surface area contributed by atoms with Crippen LogP contribution in [-0.4, -0.2) is 14.9 Å². The van der Waals surface area contributed by atoms with Gasteiger partial charge in [-0.1, -0.05) is 0 Å². The van der Waals surface area contributed by atoms with Crippen molar-refractivity contribution in [1.82, 2.24) is 9.78 Å². The fourth-order valence-electron chi connectivity index (χ4n) is 0.479. The van der Waals surface area contributed by atoms with Gasteiger partial charge in [0.1, 0.15) is 0 Å². The number of hydrogen-bond acceptors (Lipinski definition) is 2. The maximum atomic E-state index is 8.78. The Kier molecular flexibility index (Phi) is 0.796. The first-order chi connectivity index (χ1) is 4.50. The van der Waals surface area contributed by atoms with Gasteiger partial charge in [0.25, 0.3) is 0 Å². The first kappa shape index (κ1) is 3.25. The van der Waals surface area contributed by atoms with Gasteiger partial charge in [-0.3, -0.25) is 4.68 Å². The quantitative estimate of drug-likeness (QED) is 0.554. The minimum atomic E-state index is -2.27. The third-order valence-corrected chi connectivity index (χ3v) is 0.834. The summed E-state index contributed by atoms with van der Waals surface area (Å²) in [6, 6.07) is 0. The van der Waals surface area contributed by atoms with E-state index >= 15 is 0 Å². The van der Waals surface area contributed by atoms with Gasteiger partial charge in [-0.15, -0.1) is 0 Å². The zero-order valence-corrected chi connectivity index (χ0v) is 4.50. The molecule has 0 unspecified atom stereocenters. The van der Waals surface area contributed by atoms with Crippen LogP contribution in [0.5, 0.6) is 0 Å². The smallest absolute Gasteiger partial charge is 0.0712 e.